The normalized spacial score (nSPS) is 16.7. The fourth-order valence-corrected chi connectivity index (χ4v) is 7.16. The van der Waals surface area contributed by atoms with E-state index >= 15 is 0 Å². The number of aliphatic hydroxyl groups is 1. The molecule has 60 heavy (non-hydrogen) atoms. The van der Waals surface area contributed by atoms with Crippen LogP contribution in [-0.2, 0) is 38.1 Å². The molecule has 0 amide bonds. The molecule has 13 nitrogen and oxygen atoms in total. The summed E-state index contributed by atoms with van der Waals surface area (Å²) in [7, 11) is 0. The fraction of sp³-hybridized carbons (Fsp3) is 0.915. The van der Waals surface area contributed by atoms with Crippen molar-refractivity contribution in [3.8, 4) is 0 Å². The lowest BCUT2D eigenvalue weighted by molar-refractivity contribution is -0.158. The van der Waals surface area contributed by atoms with E-state index in [4.69, 9.17) is 18.9 Å². The summed E-state index contributed by atoms with van der Waals surface area (Å²) >= 11 is 0. The molecule has 1 aliphatic heterocycles. The summed E-state index contributed by atoms with van der Waals surface area (Å²) < 4.78 is 22.5. The first-order chi connectivity index (χ1) is 28.1. The number of unbranched alkanes of at least 4 members (excludes halogenated alkanes) is 14. The molecule has 13 heteroatoms. The number of hydrogen-bond acceptors (Lipinski definition) is 13. The van der Waals surface area contributed by atoms with Crippen molar-refractivity contribution in [3.05, 3.63) is 0 Å². The van der Waals surface area contributed by atoms with Crippen LogP contribution in [0.3, 0.4) is 0 Å². The van der Waals surface area contributed by atoms with Gasteiger partial charge in [-0.15, -0.1) is 0 Å². The van der Waals surface area contributed by atoms with Crippen LogP contribution < -0.4 is 0 Å². The van der Waals surface area contributed by atoms with E-state index in [-0.39, 0.29) is 56.7 Å². The van der Waals surface area contributed by atoms with E-state index in [1.165, 1.54) is 77.0 Å². The molecule has 1 aliphatic rings. The second kappa shape index (κ2) is 30.7. The van der Waals surface area contributed by atoms with Crippen LogP contribution in [0.2, 0.25) is 0 Å². The second-order valence-electron chi connectivity index (χ2n) is 19.9. The van der Waals surface area contributed by atoms with Gasteiger partial charge in [-0.2, -0.15) is 0 Å². The zero-order chi connectivity index (χ0) is 45.0. The Hall–Kier alpha value is -2.32. The van der Waals surface area contributed by atoms with Gasteiger partial charge >= 0.3 is 23.9 Å². The van der Waals surface area contributed by atoms with Gasteiger partial charge in [-0.05, 0) is 68.7 Å². The summed E-state index contributed by atoms with van der Waals surface area (Å²) in [6.07, 6.45) is 18.4. The number of β-amino-alcohol motifs (C(OH)–C–C–N with tert-alkyl or cyclic N) is 1. The van der Waals surface area contributed by atoms with Gasteiger partial charge in [-0.25, -0.2) is 0 Å². The molecular formula is C47H90N4O9. The largest absolute Gasteiger partial charge is 0.463 e. The predicted molar refractivity (Wildman–Crippen MR) is 240 cm³/mol. The van der Waals surface area contributed by atoms with Crippen LogP contribution in [-0.4, -0.2) is 157 Å². The first-order valence-electron chi connectivity index (χ1n) is 23.5. The molecule has 1 rings (SSSR count). The summed E-state index contributed by atoms with van der Waals surface area (Å²) in [6.45, 7) is 23.0. The van der Waals surface area contributed by atoms with E-state index in [0.29, 0.717) is 58.8 Å². The van der Waals surface area contributed by atoms with E-state index in [2.05, 4.69) is 11.8 Å². The van der Waals surface area contributed by atoms with E-state index in [0.717, 1.165) is 19.3 Å². The monoisotopic (exact) mass is 855 g/mol. The quantitative estimate of drug-likeness (QED) is 0.0526. The highest BCUT2D eigenvalue weighted by Gasteiger charge is 2.26. The molecule has 1 heterocycles. The first kappa shape index (κ1) is 55.7. The standard InChI is InChI=1S/C47H90N4O9/c1-11-12-13-14-15-16-17-18-19-20-21-22-23-24-25-26-41(53)57-39-40(52)35-48-27-29-49(36-42(54)58-45(2,3)4)31-33-51(38-44(56)60-47(8,9)10)34-32-50(30-28-48)37-43(55)59-46(5,6)7/h40,52H,11-39H2,1-10H3. The molecule has 0 saturated carbocycles. The number of aliphatic hydroxyl groups excluding tert-OH is 1. The molecular weight excluding hydrogens is 765 g/mol. The van der Waals surface area contributed by atoms with Crippen LogP contribution >= 0.6 is 0 Å². The number of rotatable bonds is 26. The molecule has 1 N–H and O–H groups in total. The molecule has 352 valence electrons. The molecule has 0 spiro atoms. The van der Waals surface area contributed by atoms with Gasteiger partial charge in [0.2, 0.25) is 0 Å². The Bertz CT molecular complexity index is 1130. The second-order valence-corrected chi connectivity index (χ2v) is 19.9. The number of hydrogen-bond donors (Lipinski definition) is 1. The third kappa shape index (κ3) is 33.3. The highest BCUT2D eigenvalue weighted by atomic mass is 16.6. The third-order valence-corrected chi connectivity index (χ3v) is 10.1. The number of ether oxygens (including phenoxy) is 4. The predicted octanol–water partition coefficient (Wildman–Crippen LogP) is 7.40. The average molecular weight is 855 g/mol. The molecule has 0 aromatic carbocycles. The van der Waals surface area contributed by atoms with Crippen molar-refractivity contribution >= 4 is 23.9 Å². The van der Waals surface area contributed by atoms with Gasteiger partial charge in [0.15, 0.2) is 0 Å². The van der Waals surface area contributed by atoms with Gasteiger partial charge in [0.05, 0.1) is 19.6 Å². The maximum atomic E-state index is 13.0. The maximum absolute atomic E-state index is 13.0. The van der Waals surface area contributed by atoms with Crippen LogP contribution in [0.25, 0.3) is 0 Å². The summed E-state index contributed by atoms with van der Waals surface area (Å²) in [4.78, 5) is 59.6. The Kier molecular flexibility index (Phi) is 28.5. The molecule has 0 aliphatic carbocycles. The van der Waals surface area contributed by atoms with Crippen LogP contribution in [0.4, 0.5) is 0 Å². The summed E-state index contributed by atoms with van der Waals surface area (Å²) in [6, 6.07) is 0. The van der Waals surface area contributed by atoms with Gasteiger partial charge in [-0.1, -0.05) is 96.8 Å². The molecule has 0 radical (unpaired) electrons. The van der Waals surface area contributed by atoms with Crippen molar-refractivity contribution in [1.82, 2.24) is 19.6 Å². The molecule has 1 atom stereocenters. The number of esters is 4. The van der Waals surface area contributed by atoms with Gasteiger partial charge in [0.1, 0.15) is 29.5 Å². The van der Waals surface area contributed by atoms with Crippen LogP contribution in [0.1, 0.15) is 172 Å². The van der Waals surface area contributed by atoms with Gasteiger partial charge in [0.25, 0.3) is 0 Å². The number of nitrogens with zero attached hydrogens (tertiary/aromatic N) is 4. The fourth-order valence-electron chi connectivity index (χ4n) is 7.16. The third-order valence-electron chi connectivity index (χ3n) is 10.1. The van der Waals surface area contributed by atoms with Crippen molar-refractivity contribution in [2.24, 2.45) is 0 Å². The Morgan fingerprint density at radius 1 is 0.450 bits per heavy atom. The maximum Gasteiger partial charge on any atom is 0.320 e. The summed E-state index contributed by atoms with van der Waals surface area (Å²) in [5.41, 5.74) is -1.90. The molecule has 1 fully saturated rings. The van der Waals surface area contributed by atoms with E-state index in [1.807, 2.05) is 77.0 Å². The Morgan fingerprint density at radius 3 is 1.03 bits per heavy atom. The minimum absolute atomic E-state index is 0.0638. The molecule has 1 saturated heterocycles. The first-order valence-corrected chi connectivity index (χ1v) is 23.5. The van der Waals surface area contributed by atoms with Crippen molar-refractivity contribution in [3.63, 3.8) is 0 Å². The zero-order valence-corrected chi connectivity index (χ0v) is 40.1. The SMILES string of the molecule is CCCCCCCCCCCCCCCCCC(=O)OCC(O)CN1CCN(CC(=O)OC(C)(C)C)CCN(CC(=O)OC(C)(C)C)CCN(CC(=O)OC(C)(C)C)CC1. The Labute approximate surface area is 365 Å². The lowest BCUT2D eigenvalue weighted by Crippen LogP contribution is -2.50. The summed E-state index contributed by atoms with van der Waals surface area (Å²) in [5.74, 6) is -1.32. The average Bonchev–Trinajstić information content (AvgIpc) is 3.11. The van der Waals surface area contributed by atoms with E-state index < -0.39 is 22.9 Å². The number of carbonyl (C=O) groups excluding carboxylic acids is 4. The van der Waals surface area contributed by atoms with Crippen molar-refractivity contribution < 1.29 is 43.2 Å². The molecule has 0 aromatic heterocycles. The lowest BCUT2D eigenvalue weighted by atomic mass is 10.0. The molecule has 0 bridgehead atoms. The van der Waals surface area contributed by atoms with Gasteiger partial charge < -0.3 is 24.1 Å². The van der Waals surface area contributed by atoms with Crippen LogP contribution in [0.5, 0.6) is 0 Å². The highest BCUT2D eigenvalue weighted by Crippen LogP contribution is 2.15. The topological polar surface area (TPSA) is 138 Å². The van der Waals surface area contributed by atoms with Crippen molar-refractivity contribution in [2.45, 2.75) is 195 Å². The highest BCUT2D eigenvalue weighted by molar-refractivity contribution is 5.73. The minimum atomic E-state index is -0.911. The smallest absolute Gasteiger partial charge is 0.320 e. The molecule has 0 aromatic rings. The van der Waals surface area contributed by atoms with Crippen LogP contribution in [0.15, 0.2) is 0 Å². The van der Waals surface area contributed by atoms with Crippen molar-refractivity contribution in [1.29, 1.82) is 0 Å². The zero-order valence-electron chi connectivity index (χ0n) is 40.1. The Balaban J connectivity index is 2.78. The van der Waals surface area contributed by atoms with Gasteiger partial charge in [0, 0.05) is 65.3 Å². The lowest BCUT2D eigenvalue weighted by Gasteiger charge is -2.35. The van der Waals surface area contributed by atoms with Crippen molar-refractivity contribution in [2.75, 3.05) is 85.1 Å². The Morgan fingerprint density at radius 2 is 0.733 bits per heavy atom. The molecule has 1 unspecified atom stereocenters. The van der Waals surface area contributed by atoms with E-state index in [9.17, 15) is 24.3 Å². The van der Waals surface area contributed by atoms with Gasteiger partial charge in [-0.3, -0.25) is 38.8 Å². The minimum Gasteiger partial charge on any atom is -0.463 e. The summed E-state index contributed by atoms with van der Waals surface area (Å²) in [5, 5.41) is 11.1. The number of carbonyl (C=O) groups is 4. The van der Waals surface area contributed by atoms with Crippen LogP contribution in [0, 0.1) is 0 Å². The van der Waals surface area contributed by atoms with E-state index in [1.54, 1.807) is 0 Å².